The molecule has 2 fully saturated rings. The lowest BCUT2D eigenvalue weighted by Gasteiger charge is -2.35. The van der Waals surface area contributed by atoms with Crippen molar-refractivity contribution in [1.82, 2.24) is 10.2 Å². The predicted octanol–water partition coefficient (Wildman–Crippen LogP) is 1.21. The normalized spacial score (nSPS) is 21.7. The summed E-state index contributed by atoms with van der Waals surface area (Å²) in [5, 5.41) is 3.17. The number of benzene rings is 1. The van der Waals surface area contributed by atoms with Crippen molar-refractivity contribution in [2.45, 2.75) is 6.10 Å². The standard InChI is InChI=1S/C16H21F2N3O3/c17-12-1-2-15(14(18)9-12)20-4-6-21(7-5-20)16(22)24-11-13-10-19-3-8-23-13/h1-2,9,13,19H,3-8,10-11H2/t13-/m1/s1. The highest BCUT2D eigenvalue weighted by Gasteiger charge is 2.25. The van der Waals surface area contributed by atoms with Gasteiger partial charge in [-0.05, 0) is 12.1 Å². The van der Waals surface area contributed by atoms with Gasteiger partial charge in [-0.2, -0.15) is 0 Å². The number of nitrogens with zero attached hydrogens (tertiary/aromatic N) is 2. The fourth-order valence-electron chi connectivity index (χ4n) is 2.85. The average molecular weight is 341 g/mol. The molecule has 1 aromatic rings. The maximum absolute atomic E-state index is 13.8. The molecular weight excluding hydrogens is 320 g/mol. The van der Waals surface area contributed by atoms with E-state index in [0.717, 1.165) is 12.6 Å². The summed E-state index contributed by atoms with van der Waals surface area (Å²) in [6.07, 6.45) is -0.499. The van der Waals surface area contributed by atoms with E-state index < -0.39 is 11.6 Å². The fourth-order valence-corrected chi connectivity index (χ4v) is 2.85. The number of hydrogen-bond donors (Lipinski definition) is 1. The van der Waals surface area contributed by atoms with Gasteiger partial charge < -0.3 is 24.6 Å². The molecule has 0 saturated carbocycles. The third-order valence-electron chi connectivity index (χ3n) is 4.19. The van der Waals surface area contributed by atoms with E-state index >= 15 is 0 Å². The number of amides is 1. The summed E-state index contributed by atoms with van der Waals surface area (Å²) in [5.74, 6) is -1.19. The first-order chi connectivity index (χ1) is 11.6. The molecule has 132 valence electrons. The van der Waals surface area contributed by atoms with Crippen LogP contribution in [0.5, 0.6) is 0 Å². The SMILES string of the molecule is O=C(OC[C@H]1CNCCO1)N1CCN(c2ccc(F)cc2F)CC1. The number of hydrogen-bond acceptors (Lipinski definition) is 5. The number of carbonyl (C=O) groups is 1. The molecule has 0 radical (unpaired) electrons. The second-order valence-corrected chi connectivity index (χ2v) is 5.84. The minimum absolute atomic E-state index is 0.114. The number of ether oxygens (including phenoxy) is 2. The van der Waals surface area contributed by atoms with Crippen LogP contribution in [0.4, 0.5) is 19.3 Å². The average Bonchev–Trinajstić information content (AvgIpc) is 2.61. The Bertz CT molecular complexity index is 574. The van der Waals surface area contributed by atoms with E-state index in [1.165, 1.54) is 12.1 Å². The van der Waals surface area contributed by atoms with Gasteiger partial charge in [0.25, 0.3) is 0 Å². The molecule has 0 aliphatic carbocycles. The van der Waals surface area contributed by atoms with Crippen molar-refractivity contribution in [3.8, 4) is 0 Å². The summed E-state index contributed by atoms with van der Waals surface area (Å²) in [5.41, 5.74) is 0.353. The molecule has 1 amide bonds. The lowest BCUT2D eigenvalue weighted by Crippen LogP contribution is -2.50. The van der Waals surface area contributed by atoms with Crippen molar-refractivity contribution in [3.63, 3.8) is 0 Å². The van der Waals surface area contributed by atoms with Crippen LogP contribution in [-0.2, 0) is 9.47 Å². The molecule has 3 rings (SSSR count). The number of anilines is 1. The van der Waals surface area contributed by atoms with Crippen molar-refractivity contribution in [1.29, 1.82) is 0 Å². The van der Waals surface area contributed by atoms with Gasteiger partial charge >= 0.3 is 6.09 Å². The number of carbonyl (C=O) groups excluding carboxylic acids is 1. The summed E-state index contributed by atoms with van der Waals surface area (Å²) < 4.78 is 37.5. The Morgan fingerprint density at radius 1 is 1.29 bits per heavy atom. The second-order valence-electron chi connectivity index (χ2n) is 5.84. The van der Waals surface area contributed by atoms with Crippen LogP contribution in [0.25, 0.3) is 0 Å². The number of piperazine rings is 1. The lowest BCUT2D eigenvalue weighted by atomic mass is 10.2. The number of halogens is 2. The van der Waals surface area contributed by atoms with Crippen molar-refractivity contribution in [2.24, 2.45) is 0 Å². The largest absolute Gasteiger partial charge is 0.447 e. The monoisotopic (exact) mass is 341 g/mol. The summed E-state index contributed by atoms with van der Waals surface area (Å²) in [7, 11) is 0. The highest BCUT2D eigenvalue weighted by atomic mass is 19.1. The van der Waals surface area contributed by atoms with Crippen LogP contribution >= 0.6 is 0 Å². The predicted molar refractivity (Wildman–Crippen MR) is 84.1 cm³/mol. The molecule has 6 nitrogen and oxygen atoms in total. The topological polar surface area (TPSA) is 54.0 Å². The maximum atomic E-state index is 13.8. The highest BCUT2D eigenvalue weighted by molar-refractivity contribution is 5.68. The fraction of sp³-hybridized carbons (Fsp3) is 0.562. The van der Waals surface area contributed by atoms with Gasteiger partial charge in [-0.15, -0.1) is 0 Å². The molecule has 1 aromatic carbocycles. The molecule has 0 bridgehead atoms. The van der Waals surface area contributed by atoms with Crippen LogP contribution in [0.3, 0.4) is 0 Å². The molecule has 0 unspecified atom stereocenters. The van der Waals surface area contributed by atoms with Crippen molar-refractivity contribution in [3.05, 3.63) is 29.8 Å². The van der Waals surface area contributed by atoms with E-state index in [4.69, 9.17) is 9.47 Å². The Balaban J connectivity index is 1.46. The number of nitrogens with one attached hydrogen (secondary N) is 1. The van der Waals surface area contributed by atoms with Crippen LogP contribution in [0.15, 0.2) is 18.2 Å². The second kappa shape index (κ2) is 7.76. The maximum Gasteiger partial charge on any atom is 0.409 e. The third-order valence-corrected chi connectivity index (χ3v) is 4.19. The molecule has 2 aliphatic rings. The minimum Gasteiger partial charge on any atom is -0.447 e. The summed E-state index contributed by atoms with van der Waals surface area (Å²) >= 11 is 0. The Morgan fingerprint density at radius 3 is 2.75 bits per heavy atom. The van der Waals surface area contributed by atoms with Crippen LogP contribution in [0.2, 0.25) is 0 Å². The molecule has 1 atom stereocenters. The zero-order chi connectivity index (χ0) is 16.9. The Hall–Kier alpha value is -1.93. The Morgan fingerprint density at radius 2 is 2.08 bits per heavy atom. The van der Waals surface area contributed by atoms with Crippen molar-refractivity contribution < 1.29 is 23.0 Å². The van der Waals surface area contributed by atoms with Gasteiger partial charge in [0.1, 0.15) is 24.3 Å². The summed E-state index contributed by atoms with van der Waals surface area (Å²) in [6, 6.07) is 3.53. The van der Waals surface area contributed by atoms with E-state index in [2.05, 4.69) is 5.32 Å². The molecule has 2 heterocycles. The molecule has 1 N–H and O–H groups in total. The molecule has 2 aliphatic heterocycles. The zero-order valence-electron chi connectivity index (χ0n) is 13.3. The summed E-state index contributed by atoms with van der Waals surface area (Å²) in [4.78, 5) is 15.5. The summed E-state index contributed by atoms with van der Waals surface area (Å²) in [6.45, 7) is 4.12. The van der Waals surface area contributed by atoms with Gasteiger partial charge in [-0.1, -0.05) is 0 Å². The third kappa shape index (κ3) is 4.12. The molecule has 24 heavy (non-hydrogen) atoms. The molecule has 2 saturated heterocycles. The van der Waals surface area contributed by atoms with Gasteiger partial charge in [0, 0.05) is 45.3 Å². The van der Waals surface area contributed by atoms with Crippen molar-refractivity contribution >= 4 is 11.8 Å². The number of rotatable bonds is 3. The molecule has 8 heteroatoms. The first kappa shape index (κ1) is 16.9. The van der Waals surface area contributed by atoms with E-state index in [0.29, 0.717) is 45.0 Å². The Labute approximate surface area is 139 Å². The van der Waals surface area contributed by atoms with Gasteiger partial charge in [0.2, 0.25) is 0 Å². The smallest absolute Gasteiger partial charge is 0.409 e. The van der Waals surface area contributed by atoms with Crippen LogP contribution in [-0.4, -0.2) is 69.6 Å². The first-order valence-corrected chi connectivity index (χ1v) is 8.07. The van der Waals surface area contributed by atoms with Crippen LogP contribution in [0.1, 0.15) is 0 Å². The van der Waals surface area contributed by atoms with Crippen LogP contribution in [0, 0.1) is 11.6 Å². The van der Waals surface area contributed by atoms with E-state index in [1.54, 1.807) is 9.80 Å². The quantitative estimate of drug-likeness (QED) is 0.896. The van der Waals surface area contributed by atoms with E-state index in [-0.39, 0.29) is 18.8 Å². The van der Waals surface area contributed by atoms with E-state index in [9.17, 15) is 13.6 Å². The van der Waals surface area contributed by atoms with E-state index in [1.807, 2.05) is 0 Å². The van der Waals surface area contributed by atoms with Gasteiger partial charge in [-0.3, -0.25) is 0 Å². The van der Waals surface area contributed by atoms with Gasteiger partial charge in [0.15, 0.2) is 0 Å². The lowest BCUT2D eigenvalue weighted by molar-refractivity contribution is -0.0187. The zero-order valence-corrected chi connectivity index (χ0v) is 13.3. The molecule has 0 aromatic heterocycles. The molecule has 0 spiro atoms. The molecular formula is C16H21F2N3O3. The van der Waals surface area contributed by atoms with Crippen molar-refractivity contribution in [2.75, 3.05) is 57.4 Å². The minimum atomic E-state index is -0.599. The van der Waals surface area contributed by atoms with Crippen LogP contribution < -0.4 is 10.2 Å². The van der Waals surface area contributed by atoms with Gasteiger partial charge in [0.05, 0.1) is 12.3 Å². The first-order valence-electron chi connectivity index (χ1n) is 8.07. The highest BCUT2D eigenvalue weighted by Crippen LogP contribution is 2.21. The Kier molecular flexibility index (Phi) is 5.47. The van der Waals surface area contributed by atoms with Gasteiger partial charge in [-0.25, -0.2) is 13.6 Å². The number of morpholine rings is 1.